The molecule has 5 nitrogen and oxygen atoms in total. The van der Waals surface area contributed by atoms with Crippen molar-refractivity contribution in [1.29, 1.82) is 0 Å². The molecule has 5 heteroatoms. The van der Waals surface area contributed by atoms with E-state index in [1.807, 2.05) is 36.4 Å². The van der Waals surface area contributed by atoms with E-state index in [1.54, 1.807) is 7.11 Å². The fourth-order valence-corrected chi connectivity index (χ4v) is 1.78. The van der Waals surface area contributed by atoms with Crippen LogP contribution in [-0.4, -0.2) is 26.5 Å². The average molecular weight is 258 g/mol. The van der Waals surface area contributed by atoms with Gasteiger partial charge in [-0.2, -0.15) is 5.10 Å². The van der Waals surface area contributed by atoms with Crippen LogP contribution in [0.1, 0.15) is 5.56 Å². The first-order valence-corrected chi connectivity index (χ1v) is 5.69. The Hall–Kier alpha value is -2.56. The van der Waals surface area contributed by atoms with Crippen molar-refractivity contribution >= 4 is 23.1 Å². The number of nitrogens with one attached hydrogen (secondary N) is 1. The molecule has 0 saturated carbocycles. The SMILES string of the molecule is COC(=O)N/N=C\c1c(OC)ccc2ccccc12. The number of hydrogen-bond acceptors (Lipinski definition) is 4. The van der Waals surface area contributed by atoms with Crippen molar-refractivity contribution < 1.29 is 14.3 Å². The number of nitrogens with zero attached hydrogens (tertiary/aromatic N) is 1. The zero-order valence-corrected chi connectivity index (χ0v) is 10.7. The third-order valence-corrected chi connectivity index (χ3v) is 2.69. The summed E-state index contributed by atoms with van der Waals surface area (Å²) < 4.78 is 9.74. The number of fused-ring (bicyclic) bond motifs is 1. The predicted molar refractivity (Wildman–Crippen MR) is 73.6 cm³/mol. The highest BCUT2D eigenvalue weighted by molar-refractivity contribution is 6.02. The molecule has 2 aromatic carbocycles. The van der Waals surface area contributed by atoms with Crippen LogP contribution in [0, 0.1) is 0 Å². The number of carbonyl (C=O) groups is 1. The summed E-state index contributed by atoms with van der Waals surface area (Å²) in [6, 6.07) is 11.7. The maximum atomic E-state index is 10.9. The molecule has 19 heavy (non-hydrogen) atoms. The van der Waals surface area contributed by atoms with Crippen molar-refractivity contribution in [2.75, 3.05) is 14.2 Å². The van der Waals surface area contributed by atoms with E-state index >= 15 is 0 Å². The molecule has 0 aromatic heterocycles. The Morgan fingerprint density at radius 3 is 2.74 bits per heavy atom. The maximum absolute atomic E-state index is 10.9. The molecule has 2 aromatic rings. The second kappa shape index (κ2) is 5.86. The monoisotopic (exact) mass is 258 g/mol. The predicted octanol–water partition coefficient (Wildman–Crippen LogP) is 2.54. The van der Waals surface area contributed by atoms with Gasteiger partial charge in [0.1, 0.15) is 5.75 Å². The normalized spacial score (nSPS) is 10.6. The zero-order chi connectivity index (χ0) is 13.7. The lowest BCUT2D eigenvalue weighted by Crippen LogP contribution is -2.16. The third-order valence-electron chi connectivity index (χ3n) is 2.69. The standard InChI is InChI=1S/C14H14N2O3/c1-18-13-8-7-10-5-3-4-6-11(10)12(13)9-15-16-14(17)19-2/h3-9H,1-2H3,(H,16,17)/b15-9-. The number of methoxy groups -OCH3 is 2. The van der Waals surface area contributed by atoms with Crippen LogP contribution in [0.4, 0.5) is 4.79 Å². The van der Waals surface area contributed by atoms with Gasteiger partial charge in [0, 0.05) is 5.56 Å². The van der Waals surface area contributed by atoms with E-state index in [-0.39, 0.29) is 0 Å². The molecule has 0 aliphatic carbocycles. The lowest BCUT2D eigenvalue weighted by molar-refractivity contribution is 0.171. The molecule has 1 amide bonds. The minimum atomic E-state index is -0.615. The van der Waals surface area contributed by atoms with E-state index < -0.39 is 6.09 Å². The summed E-state index contributed by atoms with van der Waals surface area (Å²) in [5.41, 5.74) is 3.05. The largest absolute Gasteiger partial charge is 0.496 e. The highest BCUT2D eigenvalue weighted by Crippen LogP contribution is 2.26. The molecule has 0 fully saturated rings. The van der Waals surface area contributed by atoms with Crippen LogP contribution in [0.25, 0.3) is 10.8 Å². The zero-order valence-electron chi connectivity index (χ0n) is 10.7. The number of amides is 1. The van der Waals surface area contributed by atoms with Gasteiger partial charge in [-0.3, -0.25) is 0 Å². The Balaban J connectivity index is 2.41. The van der Waals surface area contributed by atoms with E-state index in [0.29, 0.717) is 5.75 Å². The van der Waals surface area contributed by atoms with Gasteiger partial charge in [0.05, 0.1) is 20.4 Å². The summed E-state index contributed by atoms with van der Waals surface area (Å²) in [5.74, 6) is 0.689. The van der Waals surface area contributed by atoms with Crippen LogP contribution in [0.15, 0.2) is 41.5 Å². The lowest BCUT2D eigenvalue weighted by atomic mass is 10.0. The van der Waals surface area contributed by atoms with Gasteiger partial charge in [-0.25, -0.2) is 10.2 Å². The van der Waals surface area contributed by atoms with Gasteiger partial charge in [-0.15, -0.1) is 0 Å². The average Bonchev–Trinajstić information content (AvgIpc) is 2.47. The van der Waals surface area contributed by atoms with E-state index in [2.05, 4.69) is 15.3 Å². The summed E-state index contributed by atoms with van der Waals surface area (Å²) in [6.45, 7) is 0. The number of hydrazone groups is 1. The first-order valence-electron chi connectivity index (χ1n) is 5.69. The molecule has 0 atom stereocenters. The fraction of sp³-hybridized carbons (Fsp3) is 0.143. The van der Waals surface area contributed by atoms with Crippen LogP contribution in [0.5, 0.6) is 5.75 Å². The highest BCUT2D eigenvalue weighted by Gasteiger charge is 2.06. The molecule has 0 heterocycles. The Morgan fingerprint density at radius 1 is 1.21 bits per heavy atom. The van der Waals surface area contributed by atoms with Crippen LogP contribution in [0.2, 0.25) is 0 Å². The molecule has 0 radical (unpaired) electrons. The van der Waals surface area contributed by atoms with Crippen LogP contribution in [0.3, 0.4) is 0 Å². The Kier molecular flexibility index (Phi) is 3.97. The van der Waals surface area contributed by atoms with Gasteiger partial charge >= 0.3 is 6.09 Å². The van der Waals surface area contributed by atoms with E-state index in [4.69, 9.17) is 4.74 Å². The molecular weight excluding hydrogens is 244 g/mol. The first kappa shape index (κ1) is 12.9. The van der Waals surface area contributed by atoms with Crippen molar-refractivity contribution in [2.24, 2.45) is 5.10 Å². The van der Waals surface area contributed by atoms with Gasteiger partial charge in [0.2, 0.25) is 0 Å². The van der Waals surface area contributed by atoms with Crippen LogP contribution in [-0.2, 0) is 4.74 Å². The first-order chi connectivity index (χ1) is 9.26. The third kappa shape index (κ3) is 2.82. The summed E-state index contributed by atoms with van der Waals surface area (Å²) in [5, 5.41) is 5.91. The molecule has 0 unspecified atom stereocenters. The smallest absolute Gasteiger partial charge is 0.427 e. The number of hydrogen-bond donors (Lipinski definition) is 1. The van der Waals surface area contributed by atoms with Crippen LogP contribution >= 0.6 is 0 Å². The van der Waals surface area contributed by atoms with Gasteiger partial charge in [0.15, 0.2) is 0 Å². The Labute approximate surface area is 110 Å². The van der Waals surface area contributed by atoms with Gasteiger partial charge in [-0.1, -0.05) is 30.3 Å². The van der Waals surface area contributed by atoms with Gasteiger partial charge < -0.3 is 9.47 Å². The molecule has 0 bridgehead atoms. The fourth-order valence-electron chi connectivity index (χ4n) is 1.78. The lowest BCUT2D eigenvalue weighted by Gasteiger charge is -2.08. The molecule has 0 aliphatic rings. The maximum Gasteiger partial charge on any atom is 0.427 e. The molecule has 0 aliphatic heterocycles. The Morgan fingerprint density at radius 2 is 2.00 bits per heavy atom. The second-order valence-corrected chi connectivity index (χ2v) is 3.76. The van der Waals surface area contributed by atoms with Gasteiger partial charge in [0.25, 0.3) is 0 Å². The van der Waals surface area contributed by atoms with Crippen molar-refractivity contribution in [3.8, 4) is 5.75 Å². The number of carbonyl (C=O) groups excluding carboxylic acids is 1. The van der Waals surface area contributed by atoms with Gasteiger partial charge in [-0.05, 0) is 16.8 Å². The molecular formula is C14H14N2O3. The second-order valence-electron chi connectivity index (χ2n) is 3.76. The minimum absolute atomic E-state index is 0.615. The molecule has 0 spiro atoms. The van der Waals surface area contributed by atoms with E-state index in [1.165, 1.54) is 13.3 Å². The number of benzene rings is 2. The highest BCUT2D eigenvalue weighted by atomic mass is 16.5. The summed E-state index contributed by atoms with van der Waals surface area (Å²) >= 11 is 0. The van der Waals surface area contributed by atoms with E-state index in [0.717, 1.165) is 16.3 Å². The van der Waals surface area contributed by atoms with Crippen molar-refractivity contribution in [1.82, 2.24) is 5.43 Å². The van der Waals surface area contributed by atoms with Crippen molar-refractivity contribution in [2.45, 2.75) is 0 Å². The van der Waals surface area contributed by atoms with Crippen molar-refractivity contribution in [3.05, 3.63) is 42.0 Å². The quantitative estimate of drug-likeness (QED) is 0.679. The molecule has 0 saturated heterocycles. The van der Waals surface area contributed by atoms with Crippen LogP contribution < -0.4 is 10.2 Å². The van der Waals surface area contributed by atoms with Crippen molar-refractivity contribution in [3.63, 3.8) is 0 Å². The number of rotatable bonds is 3. The Bertz CT molecular complexity index is 623. The topological polar surface area (TPSA) is 59.9 Å². The number of ether oxygens (including phenoxy) is 2. The van der Waals surface area contributed by atoms with E-state index in [9.17, 15) is 4.79 Å². The molecule has 1 N–H and O–H groups in total. The summed E-state index contributed by atoms with van der Waals surface area (Å²) in [7, 11) is 2.87. The minimum Gasteiger partial charge on any atom is -0.496 e. The summed E-state index contributed by atoms with van der Waals surface area (Å²) in [4.78, 5) is 10.9. The summed E-state index contributed by atoms with van der Waals surface area (Å²) in [6.07, 6.45) is 0.924. The molecule has 2 rings (SSSR count). The molecule has 98 valence electrons.